The van der Waals surface area contributed by atoms with E-state index in [1.165, 1.54) is 11.9 Å². The lowest BCUT2D eigenvalue weighted by Gasteiger charge is -2.13. The van der Waals surface area contributed by atoms with Gasteiger partial charge in [0.15, 0.2) is 11.6 Å². The van der Waals surface area contributed by atoms with Crippen molar-refractivity contribution in [2.75, 3.05) is 7.11 Å². The molecule has 0 aliphatic carbocycles. The number of imidazole rings is 1. The molecular weight excluding hydrogens is 264 g/mol. The van der Waals surface area contributed by atoms with Crippen LogP contribution in [0.1, 0.15) is 11.4 Å². The molecule has 0 atom stereocenters. The van der Waals surface area contributed by atoms with Gasteiger partial charge in [-0.05, 0) is 5.56 Å². The fourth-order valence-corrected chi connectivity index (χ4v) is 1.92. The number of hydrogen-bond acceptors (Lipinski definition) is 4. The van der Waals surface area contributed by atoms with Crippen LogP contribution in [-0.4, -0.2) is 26.8 Å². The Morgan fingerprint density at radius 1 is 1.11 bits per heavy atom. The Bertz CT molecular complexity index is 626. The van der Waals surface area contributed by atoms with Crippen molar-refractivity contribution in [2.24, 2.45) is 0 Å². The second kappa shape index (κ2) is 5.67. The van der Waals surface area contributed by atoms with Gasteiger partial charge in [0, 0.05) is 6.42 Å². The summed E-state index contributed by atoms with van der Waals surface area (Å²) in [6.07, 6.45) is 3.92. The molecule has 0 saturated carbocycles. The van der Waals surface area contributed by atoms with E-state index in [2.05, 4.69) is 27.1 Å². The summed E-state index contributed by atoms with van der Waals surface area (Å²) >= 11 is 0. The van der Waals surface area contributed by atoms with Crippen LogP contribution in [0.25, 0.3) is 11.5 Å². The van der Waals surface area contributed by atoms with E-state index < -0.39 is 0 Å². The normalized spacial score (nSPS) is 10.2. The Labute approximate surface area is 117 Å². The predicted octanol–water partition coefficient (Wildman–Crippen LogP) is 1.85. The van der Waals surface area contributed by atoms with Crippen molar-refractivity contribution < 1.29 is 4.84 Å². The smallest absolute Gasteiger partial charge is 0.199 e. The van der Waals surface area contributed by atoms with E-state index in [1.807, 2.05) is 18.2 Å². The molecule has 19 heavy (non-hydrogen) atoms. The van der Waals surface area contributed by atoms with Gasteiger partial charge in [0.05, 0.1) is 6.20 Å². The topological polar surface area (TPSA) is 52.8 Å². The third-order valence-corrected chi connectivity index (χ3v) is 2.76. The molecule has 98 valence electrons. The second-order valence-corrected chi connectivity index (χ2v) is 3.90. The average molecular weight is 277 g/mol. The summed E-state index contributed by atoms with van der Waals surface area (Å²) in [6, 6.07) is 10.1. The Kier molecular flexibility index (Phi) is 3.97. The maximum absolute atomic E-state index is 5.34. The standard InChI is InChI=1S/C13H12N4O.ClH/c1-18-17-12(7-10-5-3-2-4-6-10)14-8-11-13(17)16-9-15-11;/h2-6,8-9H,7H2,1H3;1H. The Balaban J connectivity index is 0.00000133. The first kappa shape index (κ1) is 13.3. The summed E-state index contributed by atoms with van der Waals surface area (Å²) in [5, 5.41) is 0. The van der Waals surface area contributed by atoms with E-state index in [0.29, 0.717) is 12.2 Å². The van der Waals surface area contributed by atoms with Crippen molar-refractivity contribution in [1.29, 1.82) is 0 Å². The van der Waals surface area contributed by atoms with Gasteiger partial charge in [-0.3, -0.25) is 0 Å². The van der Waals surface area contributed by atoms with Crippen LogP contribution in [-0.2, 0) is 6.42 Å². The zero-order valence-electron chi connectivity index (χ0n) is 10.4. The van der Waals surface area contributed by atoms with Crippen molar-refractivity contribution in [3.63, 3.8) is 0 Å². The number of halogens is 1. The molecule has 0 amide bonds. The summed E-state index contributed by atoms with van der Waals surface area (Å²) in [7, 11) is 1.60. The molecule has 5 nitrogen and oxygen atoms in total. The first-order chi connectivity index (χ1) is 8.88. The largest absolute Gasteiger partial charge is 0.414 e. The quantitative estimate of drug-likeness (QED) is 0.733. The zero-order chi connectivity index (χ0) is 12.4. The van der Waals surface area contributed by atoms with E-state index in [0.717, 1.165) is 11.5 Å². The van der Waals surface area contributed by atoms with Gasteiger partial charge >= 0.3 is 0 Å². The molecule has 0 aromatic heterocycles. The summed E-state index contributed by atoms with van der Waals surface area (Å²) in [4.78, 5) is 18.0. The minimum absolute atomic E-state index is 0. The highest BCUT2D eigenvalue weighted by Crippen LogP contribution is 2.17. The van der Waals surface area contributed by atoms with Crippen molar-refractivity contribution >= 4 is 12.4 Å². The van der Waals surface area contributed by atoms with Crippen molar-refractivity contribution in [1.82, 2.24) is 19.7 Å². The molecular formula is C13H13ClN4O. The molecule has 0 radical (unpaired) electrons. The molecule has 6 heteroatoms. The van der Waals surface area contributed by atoms with Crippen LogP contribution in [0.2, 0.25) is 0 Å². The molecule has 2 aliphatic rings. The van der Waals surface area contributed by atoms with E-state index in [4.69, 9.17) is 4.84 Å². The van der Waals surface area contributed by atoms with Crippen molar-refractivity contribution in [3.8, 4) is 11.5 Å². The highest BCUT2D eigenvalue weighted by atomic mass is 35.5. The summed E-state index contributed by atoms with van der Waals surface area (Å²) < 4.78 is 1.62. The summed E-state index contributed by atoms with van der Waals surface area (Å²) in [6.45, 7) is 0. The third kappa shape index (κ3) is 2.51. The van der Waals surface area contributed by atoms with Crippen LogP contribution in [0.4, 0.5) is 0 Å². The molecule has 0 unspecified atom stereocenters. The first-order valence-electron chi connectivity index (χ1n) is 5.64. The SMILES string of the molecule is COn1c(Cc2ccccc2)ncc2ncnc1-2.Cl. The van der Waals surface area contributed by atoms with Crippen molar-refractivity contribution in [2.45, 2.75) is 6.42 Å². The number of nitrogens with zero attached hydrogens (tertiary/aromatic N) is 4. The summed E-state index contributed by atoms with van der Waals surface area (Å²) in [5.41, 5.74) is 1.91. The molecule has 2 aliphatic heterocycles. The van der Waals surface area contributed by atoms with E-state index in [-0.39, 0.29) is 12.4 Å². The van der Waals surface area contributed by atoms with Crippen LogP contribution < -0.4 is 4.84 Å². The third-order valence-electron chi connectivity index (χ3n) is 2.76. The first-order valence-corrected chi connectivity index (χ1v) is 5.64. The van der Waals surface area contributed by atoms with Crippen LogP contribution >= 0.6 is 12.4 Å². The molecule has 0 spiro atoms. The fourth-order valence-electron chi connectivity index (χ4n) is 1.92. The van der Waals surface area contributed by atoms with Gasteiger partial charge in [0.1, 0.15) is 19.1 Å². The molecule has 0 bridgehead atoms. The maximum atomic E-state index is 5.34. The average Bonchev–Trinajstić information content (AvgIpc) is 2.88. The maximum Gasteiger partial charge on any atom is 0.199 e. The van der Waals surface area contributed by atoms with E-state index in [1.54, 1.807) is 18.0 Å². The minimum atomic E-state index is 0. The number of fused-ring (bicyclic) bond motifs is 1. The van der Waals surface area contributed by atoms with Gasteiger partial charge in [0.2, 0.25) is 0 Å². The van der Waals surface area contributed by atoms with Gasteiger partial charge in [-0.1, -0.05) is 30.3 Å². The lowest BCUT2D eigenvalue weighted by Crippen LogP contribution is -2.18. The lowest BCUT2D eigenvalue weighted by atomic mass is 10.1. The zero-order valence-corrected chi connectivity index (χ0v) is 11.2. The van der Waals surface area contributed by atoms with Crippen LogP contribution in [0.3, 0.4) is 0 Å². The number of aromatic nitrogens is 4. The van der Waals surface area contributed by atoms with Gasteiger partial charge in [0.25, 0.3) is 0 Å². The van der Waals surface area contributed by atoms with Gasteiger partial charge < -0.3 is 4.84 Å². The molecule has 3 rings (SSSR count). The van der Waals surface area contributed by atoms with E-state index >= 15 is 0 Å². The lowest BCUT2D eigenvalue weighted by molar-refractivity contribution is 0.156. The Morgan fingerprint density at radius 2 is 1.89 bits per heavy atom. The minimum Gasteiger partial charge on any atom is -0.414 e. The molecule has 1 aromatic rings. The Morgan fingerprint density at radius 3 is 2.63 bits per heavy atom. The molecule has 1 aromatic carbocycles. The second-order valence-electron chi connectivity index (χ2n) is 3.90. The predicted molar refractivity (Wildman–Crippen MR) is 73.4 cm³/mol. The monoisotopic (exact) mass is 276 g/mol. The highest BCUT2D eigenvalue weighted by Gasteiger charge is 2.15. The van der Waals surface area contributed by atoms with Crippen LogP contribution in [0.5, 0.6) is 0 Å². The molecule has 0 fully saturated rings. The number of hydrogen-bond donors (Lipinski definition) is 0. The van der Waals surface area contributed by atoms with Gasteiger partial charge in [-0.15, -0.1) is 17.1 Å². The number of benzene rings is 1. The molecule has 0 N–H and O–H groups in total. The van der Waals surface area contributed by atoms with Gasteiger partial charge in [-0.2, -0.15) is 0 Å². The molecule has 0 saturated heterocycles. The molecule has 2 heterocycles. The number of rotatable bonds is 3. The van der Waals surface area contributed by atoms with Crippen molar-refractivity contribution in [3.05, 3.63) is 54.2 Å². The summed E-state index contributed by atoms with van der Waals surface area (Å²) in [5.74, 6) is 1.50. The Hall–Kier alpha value is -2.14. The van der Waals surface area contributed by atoms with Gasteiger partial charge in [-0.25, -0.2) is 15.0 Å². The highest BCUT2D eigenvalue weighted by molar-refractivity contribution is 5.85. The van der Waals surface area contributed by atoms with E-state index in [9.17, 15) is 0 Å². The van der Waals surface area contributed by atoms with Crippen LogP contribution in [0, 0.1) is 0 Å². The van der Waals surface area contributed by atoms with Crippen LogP contribution in [0.15, 0.2) is 42.9 Å². The fraction of sp³-hybridized carbons (Fsp3) is 0.154.